The van der Waals surface area contributed by atoms with Crippen molar-refractivity contribution in [3.05, 3.63) is 22.1 Å². The molecule has 1 aromatic rings. The Hall–Kier alpha value is -1.83. The van der Waals surface area contributed by atoms with Gasteiger partial charge in [0.25, 0.3) is 5.56 Å². The van der Waals surface area contributed by atoms with Crippen LogP contribution in [0.15, 0.2) is 16.0 Å². The number of amides is 1. The number of thioether (sulfide) groups is 1. The van der Waals surface area contributed by atoms with Crippen LogP contribution in [0.25, 0.3) is 0 Å². The summed E-state index contributed by atoms with van der Waals surface area (Å²) in [6.07, 6.45) is -0.0812. The van der Waals surface area contributed by atoms with Gasteiger partial charge in [-0.2, -0.15) is 0 Å². The van der Waals surface area contributed by atoms with Gasteiger partial charge in [0.2, 0.25) is 5.91 Å². The lowest BCUT2D eigenvalue weighted by Gasteiger charge is -2.20. The minimum absolute atomic E-state index is 0.0812. The summed E-state index contributed by atoms with van der Waals surface area (Å²) in [7, 11) is 1.27. The Balaban J connectivity index is 2.69. The van der Waals surface area contributed by atoms with Crippen molar-refractivity contribution in [1.82, 2.24) is 15.3 Å². The van der Waals surface area contributed by atoms with Crippen molar-refractivity contribution in [1.29, 1.82) is 0 Å². The summed E-state index contributed by atoms with van der Waals surface area (Å²) in [4.78, 5) is 41.0. The molecule has 2 N–H and O–H groups in total. The molecule has 0 aliphatic rings. The summed E-state index contributed by atoms with van der Waals surface area (Å²) in [5, 5.41) is 3.10. The van der Waals surface area contributed by atoms with Crippen LogP contribution in [-0.2, 0) is 20.7 Å². The molecule has 1 heterocycles. The first kappa shape index (κ1) is 17.2. The van der Waals surface area contributed by atoms with E-state index >= 15 is 0 Å². The number of nitrogens with zero attached hydrogens (tertiary/aromatic N) is 1. The minimum atomic E-state index is -0.477. The van der Waals surface area contributed by atoms with E-state index in [9.17, 15) is 14.4 Å². The molecule has 0 aliphatic heterocycles. The monoisotopic (exact) mass is 313 g/mol. The highest BCUT2D eigenvalue weighted by Crippen LogP contribution is 2.12. The number of ether oxygens (including phenoxy) is 1. The van der Waals surface area contributed by atoms with E-state index in [4.69, 9.17) is 0 Å². The van der Waals surface area contributed by atoms with Crippen LogP contribution in [0.3, 0.4) is 0 Å². The lowest BCUT2D eigenvalue weighted by molar-refractivity contribution is -0.139. The second-order valence-electron chi connectivity index (χ2n) is 5.38. The normalized spacial score (nSPS) is 11.0. The highest BCUT2D eigenvalue weighted by molar-refractivity contribution is 7.99. The van der Waals surface area contributed by atoms with E-state index in [0.717, 1.165) is 11.8 Å². The zero-order valence-electron chi connectivity index (χ0n) is 12.5. The fourth-order valence-corrected chi connectivity index (χ4v) is 2.15. The van der Waals surface area contributed by atoms with Crippen molar-refractivity contribution in [3.63, 3.8) is 0 Å². The Morgan fingerprint density at radius 2 is 2.10 bits per heavy atom. The molecule has 0 aromatic carbocycles. The maximum absolute atomic E-state index is 11.7. The van der Waals surface area contributed by atoms with Crippen LogP contribution in [0.5, 0.6) is 0 Å². The highest BCUT2D eigenvalue weighted by atomic mass is 32.2. The predicted octanol–water partition coefficient (Wildman–Crippen LogP) is 0.492. The first-order valence-electron chi connectivity index (χ1n) is 6.30. The van der Waals surface area contributed by atoms with E-state index in [1.165, 1.54) is 13.2 Å². The molecule has 1 amide bonds. The Bertz CT molecular complexity index is 578. The van der Waals surface area contributed by atoms with Crippen molar-refractivity contribution < 1.29 is 14.3 Å². The number of aromatic nitrogens is 2. The van der Waals surface area contributed by atoms with Gasteiger partial charge in [-0.25, -0.2) is 4.98 Å². The zero-order valence-corrected chi connectivity index (χ0v) is 13.3. The maximum Gasteiger partial charge on any atom is 0.311 e. The number of nitrogens with one attached hydrogen (secondary N) is 2. The van der Waals surface area contributed by atoms with Crippen LogP contribution in [0, 0.1) is 0 Å². The van der Waals surface area contributed by atoms with Gasteiger partial charge in [0.15, 0.2) is 5.16 Å². The van der Waals surface area contributed by atoms with Crippen LogP contribution >= 0.6 is 11.8 Å². The van der Waals surface area contributed by atoms with Gasteiger partial charge >= 0.3 is 5.97 Å². The van der Waals surface area contributed by atoms with Gasteiger partial charge in [-0.3, -0.25) is 14.4 Å². The Morgan fingerprint density at radius 1 is 1.43 bits per heavy atom. The molecule has 0 spiro atoms. The van der Waals surface area contributed by atoms with E-state index in [2.05, 4.69) is 20.0 Å². The topological polar surface area (TPSA) is 101 Å². The molecule has 0 saturated carbocycles. The molecule has 116 valence electrons. The molecule has 8 heteroatoms. The fraction of sp³-hybridized carbons (Fsp3) is 0.538. The van der Waals surface area contributed by atoms with Crippen LogP contribution in [0.4, 0.5) is 0 Å². The van der Waals surface area contributed by atoms with Gasteiger partial charge in [-0.1, -0.05) is 11.8 Å². The van der Waals surface area contributed by atoms with E-state index in [-0.39, 0.29) is 29.2 Å². The van der Waals surface area contributed by atoms with Crippen molar-refractivity contribution in [2.24, 2.45) is 0 Å². The second kappa shape index (κ2) is 7.26. The number of carbonyl (C=O) groups excluding carboxylic acids is 2. The molecule has 0 atom stereocenters. The molecule has 0 unspecified atom stereocenters. The smallest absolute Gasteiger partial charge is 0.311 e. The third kappa shape index (κ3) is 6.94. The van der Waals surface area contributed by atoms with Crippen LogP contribution in [0.1, 0.15) is 26.5 Å². The van der Waals surface area contributed by atoms with Gasteiger partial charge in [-0.15, -0.1) is 0 Å². The number of rotatable bonds is 5. The number of hydrogen-bond acceptors (Lipinski definition) is 6. The highest BCUT2D eigenvalue weighted by Gasteiger charge is 2.14. The van der Waals surface area contributed by atoms with Crippen LogP contribution in [0.2, 0.25) is 0 Å². The van der Waals surface area contributed by atoms with Crippen LogP contribution < -0.4 is 10.9 Å². The zero-order chi connectivity index (χ0) is 16.0. The van der Waals surface area contributed by atoms with E-state index in [1.54, 1.807) is 0 Å². The minimum Gasteiger partial charge on any atom is -0.469 e. The molecule has 1 rings (SSSR count). The summed E-state index contributed by atoms with van der Waals surface area (Å²) in [5.74, 6) is -0.509. The number of H-pyrrole nitrogens is 1. The van der Waals surface area contributed by atoms with Crippen molar-refractivity contribution in [2.75, 3.05) is 12.9 Å². The number of esters is 1. The molecule has 0 bridgehead atoms. The third-order valence-corrected chi connectivity index (χ3v) is 3.05. The largest absolute Gasteiger partial charge is 0.469 e. The first-order chi connectivity index (χ1) is 9.69. The van der Waals surface area contributed by atoms with Crippen LogP contribution in [-0.4, -0.2) is 40.2 Å². The molecule has 0 saturated heterocycles. The Labute approximate surface area is 126 Å². The summed E-state index contributed by atoms with van der Waals surface area (Å²) < 4.78 is 4.52. The van der Waals surface area contributed by atoms with E-state index in [0.29, 0.717) is 10.9 Å². The predicted molar refractivity (Wildman–Crippen MR) is 79.2 cm³/mol. The quantitative estimate of drug-likeness (QED) is 0.466. The Morgan fingerprint density at radius 3 is 2.67 bits per heavy atom. The number of methoxy groups -OCH3 is 1. The summed E-state index contributed by atoms with van der Waals surface area (Å²) in [6.45, 7) is 5.64. The lowest BCUT2D eigenvalue weighted by Crippen LogP contribution is -2.41. The average Bonchev–Trinajstić information content (AvgIpc) is 2.33. The summed E-state index contributed by atoms with van der Waals surface area (Å²) >= 11 is 1.10. The van der Waals surface area contributed by atoms with Gasteiger partial charge in [-0.05, 0) is 20.8 Å². The molecule has 7 nitrogen and oxygen atoms in total. The number of aromatic amines is 1. The first-order valence-corrected chi connectivity index (χ1v) is 7.29. The third-order valence-electron chi connectivity index (χ3n) is 2.18. The van der Waals surface area contributed by atoms with Crippen molar-refractivity contribution >= 4 is 23.6 Å². The van der Waals surface area contributed by atoms with E-state index in [1.807, 2.05) is 20.8 Å². The summed E-state index contributed by atoms with van der Waals surface area (Å²) in [5.41, 5.74) is -0.377. The van der Waals surface area contributed by atoms with Crippen molar-refractivity contribution in [3.8, 4) is 0 Å². The van der Waals surface area contributed by atoms with Gasteiger partial charge in [0.1, 0.15) is 0 Å². The van der Waals surface area contributed by atoms with Gasteiger partial charge < -0.3 is 15.0 Å². The fourth-order valence-electron chi connectivity index (χ4n) is 1.45. The molecular formula is C13H19N3O4S. The molecule has 21 heavy (non-hydrogen) atoms. The molecule has 0 radical (unpaired) electrons. The standard InChI is InChI=1S/C13H19N3O4S/c1-13(2,3)16-10(18)7-21-12-14-8(5-9(17)15-12)6-11(19)20-4/h5H,6-7H2,1-4H3,(H,16,18)(H,14,15,17). The SMILES string of the molecule is COC(=O)Cc1cc(=O)[nH]c(SCC(=O)NC(C)(C)C)n1. The molecular weight excluding hydrogens is 294 g/mol. The molecule has 0 fully saturated rings. The average molecular weight is 313 g/mol. The molecule has 1 aromatic heterocycles. The number of carbonyl (C=O) groups is 2. The van der Waals surface area contributed by atoms with Gasteiger partial charge in [0.05, 0.1) is 25.0 Å². The van der Waals surface area contributed by atoms with E-state index < -0.39 is 5.97 Å². The Kier molecular flexibility index (Phi) is 5.95. The van der Waals surface area contributed by atoms with Gasteiger partial charge in [0, 0.05) is 11.6 Å². The molecule has 0 aliphatic carbocycles. The summed E-state index contributed by atoms with van der Waals surface area (Å²) in [6, 6.07) is 1.23. The number of hydrogen-bond donors (Lipinski definition) is 2. The second-order valence-corrected chi connectivity index (χ2v) is 6.35. The maximum atomic E-state index is 11.7. The van der Waals surface area contributed by atoms with Crippen molar-refractivity contribution in [2.45, 2.75) is 37.9 Å². The lowest BCUT2D eigenvalue weighted by atomic mass is 10.1.